The highest BCUT2D eigenvalue weighted by Gasteiger charge is 2.12. The minimum absolute atomic E-state index is 0.576. The van der Waals surface area contributed by atoms with E-state index in [1.165, 1.54) is 0 Å². The molecule has 2 aromatic rings. The lowest BCUT2D eigenvalue weighted by Crippen LogP contribution is -2.15. The Hall–Kier alpha value is -1.10. The van der Waals surface area contributed by atoms with Crippen molar-refractivity contribution in [3.8, 4) is 11.5 Å². The molecule has 0 aromatic heterocycles. The number of hydrogen-bond acceptors (Lipinski definition) is 3. The van der Waals surface area contributed by atoms with Gasteiger partial charge in [-0.05, 0) is 29.8 Å². The molecule has 1 aliphatic rings. The van der Waals surface area contributed by atoms with Crippen LogP contribution in [0.15, 0.2) is 34.8 Å². The molecule has 3 rings (SSSR count). The van der Waals surface area contributed by atoms with E-state index in [1.807, 2.05) is 18.2 Å². The number of rotatable bonds is 3. The lowest BCUT2D eigenvalue weighted by molar-refractivity contribution is 0.171. The van der Waals surface area contributed by atoms with Crippen LogP contribution in [0, 0.1) is 0 Å². The van der Waals surface area contributed by atoms with Crippen molar-refractivity contribution in [3.63, 3.8) is 0 Å². The van der Waals surface area contributed by atoms with Gasteiger partial charge in [-0.3, -0.25) is 0 Å². The van der Waals surface area contributed by atoms with Crippen LogP contribution in [0.25, 0.3) is 0 Å². The molecule has 0 fully saturated rings. The van der Waals surface area contributed by atoms with Crippen LogP contribution >= 0.6 is 39.1 Å². The van der Waals surface area contributed by atoms with Gasteiger partial charge in [0, 0.05) is 11.0 Å². The summed E-state index contributed by atoms with van der Waals surface area (Å²) >= 11 is 15.7. The lowest BCUT2D eigenvalue weighted by Gasteiger charge is -2.19. The largest absolute Gasteiger partial charge is 0.486 e. The molecule has 0 unspecified atom stereocenters. The third-order valence-electron chi connectivity index (χ3n) is 3.08. The summed E-state index contributed by atoms with van der Waals surface area (Å²) in [5.41, 5.74) is 1.78. The zero-order valence-electron chi connectivity index (χ0n) is 11.0. The Balaban J connectivity index is 1.76. The van der Waals surface area contributed by atoms with Crippen LogP contribution in [0.4, 0.5) is 5.69 Å². The SMILES string of the molecule is Clc1cc(Br)cc(Cl)c1NCc1ccc2c(c1)OCCO2. The lowest BCUT2D eigenvalue weighted by atomic mass is 10.2. The average Bonchev–Trinajstić information content (AvgIpc) is 2.46. The zero-order valence-corrected chi connectivity index (χ0v) is 14.1. The highest BCUT2D eigenvalue weighted by atomic mass is 79.9. The summed E-state index contributed by atoms with van der Waals surface area (Å²) in [6.07, 6.45) is 0. The Morgan fingerprint density at radius 1 is 1.00 bits per heavy atom. The smallest absolute Gasteiger partial charge is 0.161 e. The van der Waals surface area contributed by atoms with Crippen molar-refractivity contribution in [2.24, 2.45) is 0 Å². The van der Waals surface area contributed by atoms with Gasteiger partial charge >= 0.3 is 0 Å². The molecule has 1 N–H and O–H groups in total. The van der Waals surface area contributed by atoms with Crippen LogP contribution < -0.4 is 14.8 Å². The van der Waals surface area contributed by atoms with Gasteiger partial charge in [0.1, 0.15) is 13.2 Å². The van der Waals surface area contributed by atoms with Crippen LogP contribution in [0.3, 0.4) is 0 Å². The molecule has 21 heavy (non-hydrogen) atoms. The first-order chi connectivity index (χ1) is 10.1. The van der Waals surface area contributed by atoms with Crippen molar-refractivity contribution < 1.29 is 9.47 Å². The van der Waals surface area contributed by atoms with Crippen molar-refractivity contribution in [2.75, 3.05) is 18.5 Å². The molecule has 110 valence electrons. The first kappa shape index (κ1) is 14.8. The van der Waals surface area contributed by atoms with E-state index in [0.29, 0.717) is 29.8 Å². The first-order valence-electron chi connectivity index (χ1n) is 6.40. The predicted molar refractivity (Wildman–Crippen MR) is 88.9 cm³/mol. The van der Waals surface area contributed by atoms with Crippen molar-refractivity contribution in [1.29, 1.82) is 0 Å². The Labute approximate surface area is 141 Å². The van der Waals surface area contributed by atoms with Gasteiger partial charge in [0.2, 0.25) is 0 Å². The van der Waals surface area contributed by atoms with E-state index in [2.05, 4.69) is 21.2 Å². The van der Waals surface area contributed by atoms with Gasteiger partial charge in [-0.1, -0.05) is 45.2 Å². The summed E-state index contributed by atoms with van der Waals surface area (Å²) in [4.78, 5) is 0. The van der Waals surface area contributed by atoms with Crippen LogP contribution in [-0.2, 0) is 6.54 Å². The molecule has 0 saturated carbocycles. The summed E-state index contributed by atoms with van der Waals surface area (Å²) in [5.74, 6) is 1.55. The Morgan fingerprint density at radius 2 is 1.67 bits per heavy atom. The minimum atomic E-state index is 0.576. The summed E-state index contributed by atoms with van der Waals surface area (Å²) in [6, 6.07) is 9.47. The van der Waals surface area contributed by atoms with Gasteiger partial charge in [0.05, 0.1) is 15.7 Å². The summed E-state index contributed by atoms with van der Waals surface area (Å²) < 4.78 is 11.9. The number of fused-ring (bicyclic) bond motifs is 1. The van der Waals surface area contributed by atoms with E-state index in [9.17, 15) is 0 Å². The third-order valence-corrected chi connectivity index (χ3v) is 4.14. The van der Waals surface area contributed by atoms with Crippen molar-refractivity contribution in [1.82, 2.24) is 0 Å². The van der Waals surface area contributed by atoms with Crippen LogP contribution in [0.1, 0.15) is 5.56 Å². The Morgan fingerprint density at radius 3 is 2.38 bits per heavy atom. The molecule has 1 aliphatic heterocycles. The molecule has 3 nitrogen and oxygen atoms in total. The zero-order chi connectivity index (χ0) is 14.8. The van der Waals surface area contributed by atoms with Gasteiger partial charge in [0.25, 0.3) is 0 Å². The van der Waals surface area contributed by atoms with E-state index in [0.717, 1.165) is 27.2 Å². The molecule has 0 amide bonds. The summed E-state index contributed by atoms with van der Waals surface area (Å²) in [6.45, 7) is 1.76. The van der Waals surface area contributed by atoms with Crippen molar-refractivity contribution >= 4 is 44.8 Å². The second-order valence-electron chi connectivity index (χ2n) is 4.58. The van der Waals surface area contributed by atoms with Crippen LogP contribution in [-0.4, -0.2) is 13.2 Å². The normalized spacial score (nSPS) is 13.1. The van der Waals surface area contributed by atoms with Crippen molar-refractivity contribution in [3.05, 3.63) is 50.4 Å². The fourth-order valence-electron chi connectivity index (χ4n) is 2.10. The molecule has 6 heteroatoms. The topological polar surface area (TPSA) is 30.5 Å². The van der Waals surface area contributed by atoms with Gasteiger partial charge in [0.15, 0.2) is 11.5 Å². The second kappa shape index (κ2) is 6.34. The van der Waals surface area contributed by atoms with Gasteiger partial charge in [-0.25, -0.2) is 0 Å². The monoisotopic (exact) mass is 387 g/mol. The second-order valence-corrected chi connectivity index (χ2v) is 6.31. The molecular formula is C15H12BrCl2NO2. The van der Waals surface area contributed by atoms with Crippen LogP contribution in [0.5, 0.6) is 11.5 Å². The molecule has 2 aromatic carbocycles. The van der Waals surface area contributed by atoms with Crippen molar-refractivity contribution in [2.45, 2.75) is 6.54 Å². The Kier molecular flexibility index (Phi) is 4.48. The number of anilines is 1. The highest BCUT2D eigenvalue weighted by Crippen LogP contribution is 2.35. The van der Waals surface area contributed by atoms with E-state index >= 15 is 0 Å². The standard InChI is InChI=1S/C15H12BrCl2NO2/c16-10-6-11(17)15(12(18)7-10)19-8-9-1-2-13-14(5-9)21-4-3-20-13/h1-2,5-7,19H,3-4,8H2. The van der Waals surface area contributed by atoms with Gasteiger partial charge in [-0.2, -0.15) is 0 Å². The quantitative estimate of drug-likeness (QED) is 0.789. The first-order valence-corrected chi connectivity index (χ1v) is 7.95. The highest BCUT2D eigenvalue weighted by molar-refractivity contribution is 9.10. The van der Waals surface area contributed by atoms with E-state index in [4.69, 9.17) is 32.7 Å². The maximum atomic E-state index is 6.19. The van der Waals surface area contributed by atoms with Gasteiger partial charge in [-0.15, -0.1) is 0 Å². The third kappa shape index (κ3) is 3.39. The summed E-state index contributed by atoms with van der Waals surface area (Å²) in [5, 5.41) is 4.40. The molecule has 1 heterocycles. The molecular weight excluding hydrogens is 377 g/mol. The Bertz CT molecular complexity index is 656. The number of benzene rings is 2. The molecule has 0 saturated heterocycles. The fraction of sp³-hybridized carbons (Fsp3) is 0.200. The van der Waals surface area contributed by atoms with E-state index < -0.39 is 0 Å². The maximum Gasteiger partial charge on any atom is 0.161 e. The molecule has 0 atom stereocenters. The fourth-order valence-corrected chi connectivity index (χ4v) is 3.44. The molecule has 0 radical (unpaired) electrons. The van der Waals surface area contributed by atoms with E-state index in [1.54, 1.807) is 12.1 Å². The van der Waals surface area contributed by atoms with E-state index in [-0.39, 0.29) is 0 Å². The predicted octanol–water partition coefficient (Wildman–Crippen LogP) is 5.14. The number of nitrogens with one attached hydrogen (secondary N) is 1. The molecule has 0 aliphatic carbocycles. The number of hydrogen-bond donors (Lipinski definition) is 1. The number of halogens is 3. The molecule has 0 bridgehead atoms. The number of ether oxygens (including phenoxy) is 2. The van der Waals surface area contributed by atoms with Crippen LogP contribution in [0.2, 0.25) is 10.0 Å². The van der Waals surface area contributed by atoms with Gasteiger partial charge < -0.3 is 14.8 Å². The summed E-state index contributed by atoms with van der Waals surface area (Å²) in [7, 11) is 0. The average molecular weight is 389 g/mol. The maximum absolute atomic E-state index is 6.19. The molecule has 0 spiro atoms. The minimum Gasteiger partial charge on any atom is -0.486 e.